The van der Waals surface area contributed by atoms with Crippen LogP contribution >= 0.6 is 27.7 Å². The average molecular weight is 369 g/mol. The first kappa shape index (κ1) is 14.9. The molecule has 1 unspecified atom stereocenters. The van der Waals surface area contributed by atoms with Crippen LogP contribution in [0.1, 0.15) is 0 Å². The Kier molecular flexibility index (Phi) is 4.32. The molecule has 8 heteroatoms. The zero-order valence-electron chi connectivity index (χ0n) is 10.3. The summed E-state index contributed by atoms with van der Waals surface area (Å²) in [6.07, 6.45) is 1.21. The molecule has 1 aromatic carbocycles. The van der Waals surface area contributed by atoms with Crippen LogP contribution in [0.15, 0.2) is 16.6 Å². The van der Waals surface area contributed by atoms with Crippen molar-refractivity contribution >= 4 is 48.9 Å². The summed E-state index contributed by atoms with van der Waals surface area (Å²) in [4.78, 5) is 1.74. The van der Waals surface area contributed by atoms with E-state index in [0.717, 1.165) is 5.75 Å². The lowest BCUT2D eigenvalue weighted by molar-refractivity contribution is 0.584. The molecule has 0 spiro atoms. The van der Waals surface area contributed by atoms with Gasteiger partial charge in [0.15, 0.2) is 9.84 Å². The van der Waals surface area contributed by atoms with Crippen molar-refractivity contribution in [3.05, 3.63) is 22.4 Å². The van der Waals surface area contributed by atoms with Crippen LogP contribution in [0.3, 0.4) is 0 Å². The average Bonchev–Trinajstić information content (AvgIpc) is 2.33. The number of halogens is 2. The van der Waals surface area contributed by atoms with Gasteiger partial charge in [-0.25, -0.2) is 12.8 Å². The van der Waals surface area contributed by atoms with E-state index in [1.54, 1.807) is 22.7 Å². The second kappa shape index (κ2) is 5.49. The number of anilines is 2. The summed E-state index contributed by atoms with van der Waals surface area (Å²) >= 11 is 4.70. The van der Waals surface area contributed by atoms with Crippen molar-refractivity contribution in [2.75, 3.05) is 34.9 Å². The summed E-state index contributed by atoms with van der Waals surface area (Å²) < 4.78 is 37.4. The quantitative estimate of drug-likeness (QED) is 0.809. The largest absolute Gasteiger partial charge is 0.397 e. The number of nitrogen functional groups attached to an aromatic ring is 1. The number of nitrogens with two attached hydrogens (primary N) is 1. The summed E-state index contributed by atoms with van der Waals surface area (Å²) in [6.45, 7) is 0.574. The first-order valence-corrected chi connectivity index (χ1v) is 9.48. The third-order valence-corrected chi connectivity index (χ3v) is 6.21. The van der Waals surface area contributed by atoms with E-state index >= 15 is 0 Å². The molecule has 0 radical (unpaired) electrons. The third-order valence-electron chi connectivity index (χ3n) is 2.96. The Labute approximate surface area is 124 Å². The molecule has 1 aliphatic rings. The summed E-state index contributed by atoms with van der Waals surface area (Å²) in [5, 5.41) is -0.620. The van der Waals surface area contributed by atoms with E-state index in [0.29, 0.717) is 18.0 Å². The van der Waals surface area contributed by atoms with Crippen LogP contribution < -0.4 is 10.6 Å². The van der Waals surface area contributed by atoms with Crippen LogP contribution in [0, 0.1) is 5.82 Å². The van der Waals surface area contributed by atoms with Gasteiger partial charge in [0.2, 0.25) is 0 Å². The summed E-state index contributed by atoms with van der Waals surface area (Å²) in [7, 11) is -3.22. The van der Waals surface area contributed by atoms with Crippen LogP contribution in [0.5, 0.6) is 0 Å². The molecule has 1 atom stereocenters. The Morgan fingerprint density at radius 3 is 2.84 bits per heavy atom. The topological polar surface area (TPSA) is 63.4 Å². The zero-order valence-corrected chi connectivity index (χ0v) is 13.5. The normalized spacial score (nSPS) is 20.6. The molecule has 1 saturated heterocycles. The second-order valence-electron chi connectivity index (χ2n) is 4.38. The molecule has 106 valence electrons. The number of thioether (sulfide) groups is 1. The molecule has 0 aromatic heterocycles. The molecule has 2 N–H and O–H groups in total. The number of benzene rings is 1. The molecule has 19 heavy (non-hydrogen) atoms. The molecule has 4 nitrogen and oxygen atoms in total. The Balaban J connectivity index is 2.46. The van der Waals surface area contributed by atoms with Crippen molar-refractivity contribution in [1.82, 2.24) is 0 Å². The minimum absolute atomic E-state index is 0.251. The van der Waals surface area contributed by atoms with Crippen molar-refractivity contribution in [3.63, 3.8) is 0 Å². The van der Waals surface area contributed by atoms with Gasteiger partial charge in [0, 0.05) is 30.4 Å². The number of nitrogens with zero attached hydrogens (tertiary/aromatic N) is 1. The molecule has 1 fully saturated rings. The van der Waals surface area contributed by atoms with E-state index in [2.05, 4.69) is 15.9 Å². The monoisotopic (exact) mass is 368 g/mol. The predicted molar refractivity (Wildman–Crippen MR) is 81.8 cm³/mol. The molecule has 2 rings (SSSR count). The third kappa shape index (κ3) is 3.17. The Hall–Kier alpha value is -0.470. The van der Waals surface area contributed by atoms with Crippen LogP contribution in [0.4, 0.5) is 15.8 Å². The Bertz CT molecular complexity index is 595. The van der Waals surface area contributed by atoms with E-state index in [-0.39, 0.29) is 10.2 Å². The van der Waals surface area contributed by atoms with Gasteiger partial charge in [-0.1, -0.05) is 0 Å². The second-order valence-corrected chi connectivity index (χ2v) is 8.58. The standard InChI is InChI=1S/C11H14BrFN2O2S2/c1-19(16,17)11-6-18-3-2-15(11)10-4-7(12)8(13)5-9(10)14/h4-5,11H,2-3,6,14H2,1H3. The van der Waals surface area contributed by atoms with Crippen molar-refractivity contribution in [2.45, 2.75) is 5.37 Å². The van der Waals surface area contributed by atoms with Gasteiger partial charge in [-0.15, -0.1) is 0 Å². The lowest BCUT2D eigenvalue weighted by Gasteiger charge is -2.36. The minimum Gasteiger partial charge on any atom is -0.397 e. The minimum atomic E-state index is -3.22. The fraction of sp³-hybridized carbons (Fsp3) is 0.455. The lowest BCUT2D eigenvalue weighted by atomic mass is 10.2. The van der Waals surface area contributed by atoms with E-state index in [4.69, 9.17) is 5.73 Å². The Morgan fingerprint density at radius 2 is 2.21 bits per heavy atom. The Morgan fingerprint density at radius 1 is 1.53 bits per heavy atom. The number of hydrogen-bond acceptors (Lipinski definition) is 5. The maximum absolute atomic E-state index is 13.4. The van der Waals surface area contributed by atoms with E-state index in [9.17, 15) is 12.8 Å². The number of hydrogen-bond donors (Lipinski definition) is 1. The zero-order chi connectivity index (χ0) is 14.2. The molecule has 0 saturated carbocycles. The summed E-state index contributed by atoms with van der Waals surface area (Å²) in [6, 6.07) is 2.75. The first-order chi connectivity index (χ1) is 8.80. The van der Waals surface area contributed by atoms with Gasteiger partial charge < -0.3 is 10.6 Å². The fourth-order valence-electron chi connectivity index (χ4n) is 2.01. The van der Waals surface area contributed by atoms with Crippen LogP contribution in [-0.4, -0.2) is 38.1 Å². The molecule has 0 aliphatic carbocycles. The molecular formula is C11H14BrFN2O2S2. The smallest absolute Gasteiger partial charge is 0.169 e. The molecule has 0 bridgehead atoms. The van der Waals surface area contributed by atoms with Crippen LogP contribution in [0.2, 0.25) is 0 Å². The highest BCUT2D eigenvalue weighted by molar-refractivity contribution is 9.10. The van der Waals surface area contributed by atoms with Gasteiger partial charge in [-0.3, -0.25) is 0 Å². The van der Waals surface area contributed by atoms with Gasteiger partial charge in [-0.2, -0.15) is 11.8 Å². The lowest BCUT2D eigenvalue weighted by Crippen LogP contribution is -2.47. The fourth-order valence-corrected chi connectivity index (χ4v) is 5.18. The van der Waals surface area contributed by atoms with E-state index < -0.39 is 21.0 Å². The molecule has 1 aromatic rings. The summed E-state index contributed by atoms with van der Waals surface area (Å²) in [5.41, 5.74) is 6.63. The van der Waals surface area contributed by atoms with Gasteiger partial charge in [0.25, 0.3) is 0 Å². The van der Waals surface area contributed by atoms with E-state index in [1.165, 1.54) is 12.3 Å². The molecule has 1 aliphatic heterocycles. The van der Waals surface area contributed by atoms with Gasteiger partial charge >= 0.3 is 0 Å². The van der Waals surface area contributed by atoms with E-state index in [1.807, 2.05) is 0 Å². The predicted octanol–water partition coefficient (Wildman–Crippen LogP) is 2.09. The summed E-state index contributed by atoms with van der Waals surface area (Å²) in [5.74, 6) is 0.858. The number of sulfone groups is 1. The van der Waals surface area contributed by atoms with Crippen LogP contribution in [0.25, 0.3) is 0 Å². The SMILES string of the molecule is CS(=O)(=O)C1CSCCN1c1cc(Br)c(F)cc1N. The highest BCUT2D eigenvalue weighted by Gasteiger charge is 2.32. The maximum Gasteiger partial charge on any atom is 0.169 e. The first-order valence-electron chi connectivity index (χ1n) is 5.58. The van der Waals surface area contributed by atoms with Crippen molar-refractivity contribution in [2.24, 2.45) is 0 Å². The van der Waals surface area contributed by atoms with Crippen molar-refractivity contribution in [1.29, 1.82) is 0 Å². The number of rotatable bonds is 2. The molecular weight excluding hydrogens is 355 g/mol. The van der Waals surface area contributed by atoms with Gasteiger partial charge in [0.1, 0.15) is 11.2 Å². The maximum atomic E-state index is 13.4. The van der Waals surface area contributed by atoms with Gasteiger partial charge in [-0.05, 0) is 22.0 Å². The van der Waals surface area contributed by atoms with Crippen molar-refractivity contribution < 1.29 is 12.8 Å². The molecule has 0 amide bonds. The molecule has 1 heterocycles. The highest BCUT2D eigenvalue weighted by Crippen LogP contribution is 2.34. The van der Waals surface area contributed by atoms with Crippen LogP contribution in [-0.2, 0) is 9.84 Å². The van der Waals surface area contributed by atoms with Crippen molar-refractivity contribution in [3.8, 4) is 0 Å². The van der Waals surface area contributed by atoms with Gasteiger partial charge in [0.05, 0.1) is 15.8 Å². The highest BCUT2D eigenvalue weighted by atomic mass is 79.9.